The molecule has 0 bridgehead atoms. The zero-order chi connectivity index (χ0) is 21.0. The first kappa shape index (κ1) is 21.5. The number of rotatable bonds is 7. The van der Waals surface area contributed by atoms with Gasteiger partial charge in [0.05, 0.1) is 33.2 Å². The van der Waals surface area contributed by atoms with Crippen molar-refractivity contribution in [2.24, 2.45) is 11.8 Å². The standard InChI is InChI=1S/C21H30N4O3S/c1-15(2)13-24-19(16-5-7-18(27-3)8-6-16)22-25(21(24)29)14-23-11-9-17(10-12-23)20(26)28-4/h5-8,15,17H,9-14H2,1-4H3/p+1. The van der Waals surface area contributed by atoms with Gasteiger partial charge < -0.3 is 14.4 Å². The number of nitrogens with one attached hydrogen (secondary N) is 1. The van der Waals surface area contributed by atoms with Crippen LogP contribution in [0.15, 0.2) is 24.3 Å². The van der Waals surface area contributed by atoms with Crippen molar-refractivity contribution in [3.05, 3.63) is 29.0 Å². The molecule has 0 aliphatic carbocycles. The van der Waals surface area contributed by atoms with Crippen molar-refractivity contribution in [2.75, 3.05) is 27.3 Å². The summed E-state index contributed by atoms with van der Waals surface area (Å²) in [6, 6.07) is 7.93. The first-order valence-electron chi connectivity index (χ1n) is 10.2. The number of hydrogen-bond donors (Lipinski definition) is 1. The van der Waals surface area contributed by atoms with E-state index in [9.17, 15) is 4.79 Å². The molecule has 0 spiro atoms. The second-order valence-corrected chi connectivity index (χ2v) is 8.41. The summed E-state index contributed by atoms with van der Waals surface area (Å²) in [6.07, 6.45) is 1.68. The monoisotopic (exact) mass is 419 g/mol. The summed E-state index contributed by atoms with van der Waals surface area (Å²) in [5.74, 6) is 2.09. The molecule has 0 atom stereocenters. The lowest BCUT2D eigenvalue weighted by atomic mass is 9.97. The van der Waals surface area contributed by atoms with E-state index in [-0.39, 0.29) is 11.9 Å². The van der Waals surface area contributed by atoms with Crippen LogP contribution < -0.4 is 9.64 Å². The molecule has 0 radical (unpaired) electrons. The van der Waals surface area contributed by atoms with Gasteiger partial charge in [0, 0.05) is 24.9 Å². The van der Waals surface area contributed by atoms with Crippen LogP contribution in [0.3, 0.4) is 0 Å². The second-order valence-electron chi connectivity index (χ2n) is 8.04. The summed E-state index contributed by atoms with van der Waals surface area (Å²) in [5.41, 5.74) is 1.02. The molecule has 8 heteroatoms. The van der Waals surface area contributed by atoms with Crippen LogP contribution in [0.5, 0.6) is 5.75 Å². The smallest absolute Gasteiger partial charge is 0.309 e. The van der Waals surface area contributed by atoms with Gasteiger partial charge in [0.15, 0.2) is 12.5 Å². The van der Waals surface area contributed by atoms with Gasteiger partial charge in [0.2, 0.25) is 4.77 Å². The molecule has 7 nitrogen and oxygen atoms in total. The van der Waals surface area contributed by atoms with Gasteiger partial charge in [-0.2, -0.15) is 4.68 Å². The number of nitrogens with zero attached hydrogens (tertiary/aromatic N) is 3. The molecule has 0 amide bonds. The van der Waals surface area contributed by atoms with Gasteiger partial charge >= 0.3 is 5.97 Å². The topological polar surface area (TPSA) is 62.7 Å². The van der Waals surface area contributed by atoms with E-state index in [1.807, 2.05) is 28.9 Å². The number of quaternary nitrogens is 1. The number of likely N-dealkylation sites (tertiary alicyclic amines) is 1. The van der Waals surface area contributed by atoms with Crippen LogP contribution in [-0.2, 0) is 22.7 Å². The summed E-state index contributed by atoms with van der Waals surface area (Å²) < 4.78 is 15.0. The van der Waals surface area contributed by atoms with Crippen molar-refractivity contribution in [3.8, 4) is 17.1 Å². The Kier molecular flexibility index (Phi) is 7.08. The maximum Gasteiger partial charge on any atom is 0.309 e. The molecule has 0 saturated carbocycles. The van der Waals surface area contributed by atoms with E-state index in [1.54, 1.807) is 7.11 Å². The Bertz CT molecular complexity index is 880. The number of carbonyl (C=O) groups excluding carboxylic acids is 1. The Morgan fingerprint density at radius 3 is 2.45 bits per heavy atom. The van der Waals surface area contributed by atoms with Crippen LogP contribution in [0.2, 0.25) is 0 Å². The second kappa shape index (κ2) is 9.54. The van der Waals surface area contributed by atoms with Gasteiger partial charge in [-0.05, 0) is 42.4 Å². The summed E-state index contributed by atoms with van der Waals surface area (Å²) in [5, 5.41) is 4.88. The third-order valence-corrected chi connectivity index (χ3v) is 5.85. The minimum absolute atomic E-state index is 0.0186. The zero-order valence-corrected chi connectivity index (χ0v) is 18.5. The fourth-order valence-electron chi connectivity index (χ4n) is 3.83. The maximum atomic E-state index is 11.8. The number of ether oxygens (including phenoxy) is 2. The molecule has 1 aliphatic heterocycles. The third kappa shape index (κ3) is 5.05. The van der Waals surface area contributed by atoms with Crippen LogP contribution in [0.4, 0.5) is 0 Å². The highest BCUT2D eigenvalue weighted by atomic mass is 32.1. The molecular weight excluding hydrogens is 388 g/mol. The minimum Gasteiger partial charge on any atom is -0.497 e. The predicted octanol–water partition coefficient (Wildman–Crippen LogP) is 2.17. The van der Waals surface area contributed by atoms with Gasteiger partial charge in [-0.3, -0.25) is 9.36 Å². The molecule has 2 aromatic rings. The number of benzene rings is 1. The fourth-order valence-corrected chi connectivity index (χ4v) is 4.09. The van der Waals surface area contributed by atoms with Gasteiger partial charge in [-0.1, -0.05) is 13.8 Å². The van der Waals surface area contributed by atoms with E-state index < -0.39 is 0 Å². The highest BCUT2D eigenvalue weighted by Gasteiger charge is 2.28. The predicted molar refractivity (Wildman–Crippen MR) is 113 cm³/mol. The molecule has 2 heterocycles. The average molecular weight is 420 g/mol. The number of hydrogen-bond acceptors (Lipinski definition) is 5. The number of aromatic nitrogens is 3. The largest absolute Gasteiger partial charge is 0.497 e. The summed E-state index contributed by atoms with van der Waals surface area (Å²) >= 11 is 5.78. The first-order chi connectivity index (χ1) is 13.9. The van der Waals surface area contributed by atoms with Crippen molar-refractivity contribution in [3.63, 3.8) is 0 Å². The molecule has 3 rings (SSSR count). The van der Waals surface area contributed by atoms with Crippen LogP contribution in [0, 0.1) is 16.6 Å². The lowest BCUT2D eigenvalue weighted by Gasteiger charge is -2.27. The number of carbonyl (C=O) groups is 1. The fraction of sp³-hybridized carbons (Fsp3) is 0.571. The molecule has 1 N–H and O–H groups in total. The summed E-state index contributed by atoms with van der Waals surface area (Å²) in [7, 11) is 3.12. The Labute approximate surface area is 177 Å². The maximum absolute atomic E-state index is 11.8. The number of esters is 1. The zero-order valence-electron chi connectivity index (χ0n) is 17.7. The molecule has 0 unspecified atom stereocenters. The number of methoxy groups -OCH3 is 2. The molecule has 1 aromatic carbocycles. The van der Waals surface area contributed by atoms with E-state index in [2.05, 4.69) is 18.4 Å². The third-order valence-electron chi connectivity index (χ3n) is 5.42. The lowest BCUT2D eigenvalue weighted by Crippen LogP contribution is -3.12. The molecular formula is C21H31N4O3S+. The van der Waals surface area contributed by atoms with E-state index in [4.69, 9.17) is 26.8 Å². The van der Waals surface area contributed by atoms with E-state index >= 15 is 0 Å². The highest BCUT2D eigenvalue weighted by Crippen LogP contribution is 2.22. The minimum atomic E-state index is -0.0938. The Balaban J connectivity index is 1.81. The van der Waals surface area contributed by atoms with Crippen molar-refractivity contribution < 1.29 is 19.2 Å². The Hall–Kier alpha value is -2.19. The summed E-state index contributed by atoms with van der Waals surface area (Å²) in [4.78, 5) is 13.1. The van der Waals surface area contributed by atoms with Crippen LogP contribution in [0.1, 0.15) is 26.7 Å². The van der Waals surface area contributed by atoms with E-state index in [0.29, 0.717) is 12.6 Å². The van der Waals surface area contributed by atoms with Gasteiger partial charge in [-0.15, -0.1) is 5.10 Å². The van der Waals surface area contributed by atoms with Crippen molar-refractivity contribution in [1.82, 2.24) is 14.3 Å². The van der Waals surface area contributed by atoms with Gasteiger partial charge in [0.25, 0.3) is 0 Å². The van der Waals surface area contributed by atoms with Crippen molar-refractivity contribution in [1.29, 1.82) is 0 Å². The molecule has 29 heavy (non-hydrogen) atoms. The van der Waals surface area contributed by atoms with Crippen LogP contribution >= 0.6 is 12.2 Å². The Morgan fingerprint density at radius 1 is 1.24 bits per heavy atom. The van der Waals surface area contributed by atoms with Crippen LogP contribution in [0.25, 0.3) is 11.4 Å². The van der Waals surface area contributed by atoms with Crippen molar-refractivity contribution in [2.45, 2.75) is 39.9 Å². The van der Waals surface area contributed by atoms with E-state index in [1.165, 1.54) is 12.0 Å². The molecule has 1 aromatic heterocycles. The molecule has 1 aliphatic rings. The SMILES string of the molecule is COC(=O)C1CC[NH+](Cn2nc(-c3ccc(OC)cc3)n(CC(C)C)c2=S)CC1. The highest BCUT2D eigenvalue weighted by molar-refractivity contribution is 7.71. The molecule has 1 saturated heterocycles. The lowest BCUT2D eigenvalue weighted by molar-refractivity contribution is -0.929. The average Bonchev–Trinajstić information content (AvgIpc) is 3.03. The van der Waals surface area contributed by atoms with Gasteiger partial charge in [-0.25, -0.2) is 0 Å². The normalized spacial score (nSPS) is 19.3. The van der Waals surface area contributed by atoms with Crippen molar-refractivity contribution >= 4 is 18.2 Å². The van der Waals surface area contributed by atoms with Crippen LogP contribution in [-0.4, -0.2) is 47.6 Å². The Morgan fingerprint density at radius 2 is 1.90 bits per heavy atom. The molecule has 158 valence electrons. The quantitative estimate of drug-likeness (QED) is 0.551. The van der Waals surface area contributed by atoms with Gasteiger partial charge in [0.1, 0.15) is 5.75 Å². The number of piperidine rings is 1. The first-order valence-corrected chi connectivity index (χ1v) is 10.6. The molecule has 1 fully saturated rings. The summed E-state index contributed by atoms with van der Waals surface area (Å²) in [6.45, 7) is 7.72. The van der Waals surface area contributed by atoms with E-state index in [0.717, 1.165) is 54.4 Å².